The maximum absolute atomic E-state index is 14.3. The number of pyridine rings is 1. The second kappa shape index (κ2) is 8.06. The third-order valence-corrected chi connectivity index (χ3v) is 4.29. The van der Waals surface area contributed by atoms with Crippen LogP contribution in [0.3, 0.4) is 0 Å². The predicted octanol–water partition coefficient (Wildman–Crippen LogP) is 4.07. The maximum Gasteiger partial charge on any atom is 0.222 e. The maximum atomic E-state index is 14.3. The number of halogens is 4. The molecule has 0 radical (unpaired) electrons. The molecule has 3 heterocycles. The van der Waals surface area contributed by atoms with Crippen LogP contribution >= 0.6 is 24.0 Å². The molecule has 1 aromatic carbocycles. The lowest BCUT2D eigenvalue weighted by atomic mass is 10.2. The van der Waals surface area contributed by atoms with Gasteiger partial charge in [0.15, 0.2) is 5.82 Å². The Morgan fingerprint density at radius 2 is 2.00 bits per heavy atom. The molecule has 0 saturated heterocycles. The molecule has 0 aliphatic carbocycles. The quantitative estimate of drug-likeness (QED) is 0.484. The summed E-state index contributed by atoms with van der Waals surface area (Å²) in [4.78, 5) is 12.1. The van der Waals surface area contributed by atoms with Crippen LogP contribution in [0.4, 0.5) is 26.4 Å². The Morgan fingerprint density at radius 3 is 2.70 bits per heavy atom. The molecule has 0 atom stereocenters. The van der Waals surface area contributed by atoms with E-state index in [-0.39, 0.29) is 46.0 Å². The van der Waals surface area contributed by atoms with Gasteiger partial charge in [-0.2, -0.15) is 15.3 Å². The number of aromatic nitrogens is 5. The smallest absolute Gasteiger partial charge is 0.222 e. The number of rotatable bonds is 3. The van der Waals surface area contributed by atoms with E-state index in [0.29, 0.717) is 16.9 Å². The number of nitrogen functional groups attached to an aromatic ring is 1. The van der Waals surface area contributed by atoms with Crippen molar-refractivity contribution in [3.63, 3.8) is 0 Å². The lowest BCUT2D eigenvalue weighted by Crippen LogP contribution is -2.02. The predicted molar refractivity (Wildman–Crippen MR) is 110 cm³/mol. The second-order valence-electron chi connectivity index (χ2n) is 6.06. The first kappa shape index (κ1) is 21.2. The van der Waals surface area contributed by atoms with Gasteiger partial charge < -0.3 is 11.1 Å². The van der Waals surface area contributed by atoms with Crippen molar-refractivity contribution in [1.29, 1.82) is 5.26 Å². The van der Waals surface area contributed by atoms with Crippen LogP contribution < -0.4 is 11.1 Å². The van der Waals surface area contributed by atoms with Crippen LogP contribution in [0.25, 0.3) is 16.6 Å². The monoisotopic (exact) mass is 448 g/mol. The minimum atomic E-state index is -0.681. The zero-order valence-electron chi connectivity index (χ0n) is 15.2. The Balaban J connectivity index is 0.00000256. The molecule has 4 rings (SSSR count). The number of anilines is 3. The standard InChI is InChI=1S/C18H11ClF2N8.ClH/c1-8-2-14(27-18(23)25-8)26-17-11-7-29(28-15(11)13(21)6-24-17)16-9(5-22)3-10(20)4-12(16)19;/h2-4,6-7H,1H3,(H3,23,24,25,26,27);1H. The summed E-state index contributed by atoms with van der Waals surface area (Å²) in [5, 5.41) is 16.7. The molecule has 0 fully saturated rings. The van der Waals surface area contributed by atoms with Crippen LogP contribution in [0, 0.1) is 29.9 Å². The summed E-state index contributed by atoms with van der Waals surface area (Å²) in [6.07, 6.45) is 2.43. The van der Waals surface area contributed by atoms with E-state index in [1.54, 1.807) is 13.0 Å². The molecule has 3 N–H and O–H groups in total. The minimum Gasteiger partial charge on any atom is -0.368 e. The Hall–Kier alpha value is -3.55. The van der Waals surface area contributed by atoms with Crippen LogP contribution in [-0.2, 0) is 0 Å². The lowest BCUT2D eigenvalue weighted by Gasteiger charge is -2.07. The molecule has 0 amide bonds. The normalized spacial score (nSPS) is 10.5. The highest BCUT2D eigenvalue weighted by atomic mass is 35.5. The number of hydrogen-bond acceptors (Lipinski definition) is 7. The molecule has 0 spiro atoms. The molecule has 4 aromatic rings. The first-order valence-electron chi connectivity index (χ1n) is 8.17. The Kier molecular flexibility index (Phi) is 5.69. The first-order chi connectivity index (χ1) is 13.9. The van der Waals surface area contributed by atoms with Gasteiger partial charge in [-0.25, -0.2) is 23.4 Å². The van der Waals surface area contributed by atoms with Crippen molar-refractivity contribution in [2.75, 3.05) is 11.1 Å². The van der Waals surface area contributed by atoms with Crippen LogP contribution in [0.2, 0.25) is 5.02 Å². The number of benzene rings is 1. The minimum absolute atomic E-state index is 0. The number of hydrogen-bond donors (Lipinski definition) is 2. The van der Waals surface area contributed by atoms with Crippen molar-refractivity contribution < 1.29 is 8.78 Å². The summed E-state index contributed by atoms with van der Waals surface area (Å²) in [5.41, 5.74) is 6.34. The topological polar surface area (TPSA) is 118 Å². The summed E-state index contributed by atoms with van der Waals surface area (Å²) >= 11 is 6.11. The molecule has 12 heteroatoms. The molecule has 0 saturated carbocycles. The Bertz CT molecular complexity index is 1300. The van der Waals surface area contributed by atoms with E-state index < -0.39 is 11.6 Å². The van der Waals surface area contributed by atoms with Gasteiger partial charge in [-0.15, -0.1) is 12.4 Å². The molecule has 0 aliphatic heterocycles. The Labute approximate surface area is 179 Å². The fourth-order valence-electron chi connectivity index (χ4n) is 2.85. The van der Waals surface area contributed by atoms with E-state index in [1.165, 1.54) is 10.9 Å². The van der Waals surface area contributed by atoms with Crippen LogP contribution in [0.15, 0.2) is 30.6 Å². The van der Waals surface area contributed by atoms with E-state index in [1.807, 2.05) is 6.07 Å². The van der Waals surface area contributed by atoms with Crippen molar-refractivity contribution in [3.8, 4) is 11.8 Å². The van der Waals surface area contributed by atoms with Crippen molar-refractivity contribution in [2.45, 2.75) is 6.92 Å². The van der Waals surface area contributed by atoms with E-state index in [4.69, 9.17) is 17.3 Å². The van der Waals surface area contributed by atoms with Crippen molar-refractivity contribution in [2.24, 2.45) is 0 Å². The first-order valence-corrected chi connectivity index (χ1v) is 8.55. The molecule has 8 nitrogen and oxygen atoms in total. The summed E-state index contributed by atoms with van der Waals surface area (Å²) in [5.74, 6) is -0.667. The molecular weight excluding hydrogens is 437 g/mol. The number of nitriles is 1. The van der Waals surface area contributed by atoms with Crippen molar-refractivity contribution in [3.05, 3.63) is 58.5 Å². The summed E-state index contributed by atoms with van der Waals surface area (Å²) in [6, 6.07) is 5.57. The van der Waals surface area contributed by atoms with E-state index in [9.17, 15) is 14.0 Å². The highest BCUT2D eigenvalue weighted by Gasteiger charge is 2.18. The lowest BCUT2D eigenvalue weighted by molar-refractivity contribution is 0.625. The van der Waals surface area contributed by atoms with Crippen molar-refractivity contribution in [1.82, 2.24) is 24.7 Å². The molecule has 3 aromatic heterocycles. The molecule has 0 aliphatic rings. The van der Waals surface area contributed by atoms with Gasteiger partial charge in [0.1, 0.15) is 34.7 Å². The van der Waals surface area contributed by atoms with Gasteiger partial charge in [-0.05, 0) is 19.1 Å². The van der Waals surface area contributed by atoms with Gasteiger partial charge in [0, 0.05) is 18.0 Å². The Morgan fingerprint density at radius 1 is 1.23 bits per heavy atom. The van der Waals surface area contributed by atoms with E-state index in [0.717, 1.165) is 18.3 Å². The third-order valence-electron chi connectivity index (χ3n) is 4.00. The molecule has 0 bridgehead atoms. The summed E-state index contributed by atoms with van der Waals surface area (Å²) in [7, 11) is 0. The van der Waals surface area contributed by atoms with Crippen LogP contribution in [-0.4, -0.2) is 24.7 Å². The zero-order chi connectivity index (χ0) is 20.7. The van der Waals surface area contributed by atoms with Gasteiger partial charge in [0.2, 0.25) is 5.95 Å². The average molecular weight is 449 g/mol. The summed E-state index contributed by atoms with van der Waals surface area (Å²) in [6.45, 7) is 1.74. The zero-order valence-corrected chi connectivity index (χ0v) is 16.8. The highest BCUT2D eigenvalue weighted by molar-refractivity contribution is 6.32. The van der Waals surface area contributed by atoms with Gasteiger partial charge in [-0.3, -0.25) is 0 Å². The van der Waals surface area contributed by atoms with Crippen LogP contribution in [0.5, 0.6) is 0 Å². The van der Waals surface area contributed by atoms with E-state index in [2.05, 4.69) is 25.4 Å². The van der Waals surface area contributed by atoms with Gasteiger partial charge in [0.05, 0.1) is 22.2 Å². The van der Waals surface area contributed by atoms with Gasteiger partial charge in [-0.1, -0.05) is 11.6 Å². The number of nitrogens with zero attached hydrogens (tertiary/aromatic N) is 6. The number of nitrogens with two attached hydrogens (primary N) is 1. The fourth-order valence-corrected chi connectivity index (χ4v) is 3.14. The second-order valence-corrected chi connectivity index (χ2v) is 6.47. The fraction of sp³-hybridized carbons (Fsp3) is 0.0556. The highest BCUT2D eigenvalue weighted by Crippen LogP contribution is 2.30. The van der Waals surface area contributed by atoms with E-state index >= 15 is 0 Å². The van der Waals surface area contributed by atoms with Gasteiger partial charge in [0.25, 0.3) is 0 Å². The summed E-state index contributed by atoms with van der Waals surface area (Å²) < 4.78 is 29.1. The molecule has 0 unspecified atom stereocenters. The van der Waals surface area contributed by atoms with Gasteiger partial charge >= 0.3 is 0 Å². The van der Waals surface area contributed by atoms with Crippen LogP contribution in [0.1, 0.15) is 11.3 Å². The SMILES string of the molecule is Cc1cc(Nc2ncc(F)c3nn(-c4c(Cl)cc(F)cc4C#N)cc23)nc(N)n1.Cl. The largest absolute Gasteiger partial charge is 0.368 e. The third kappa shape index (κ3) is 3.80. The van der Waals surface area contributed by atoms with Crippen molar-refractivity contribution >= 4 is 52.5 Å². The molecular formula is C18H12Cl2F2N8. The molecule has 30 heavy (non-hydrogen) atoms. The molecule has 152 valence electrons. The number of nitrogens with one attached hydrogen (secondary N) is 1. The number of fused-ring (bicyclic) bond motifs is 1. The number of aryl methyl sites for hydroxylation is 1. The average Bonchev–Trinajstić information content (AvgIpc) is 3.08.